The van der Waals surface area contributed by atoms with Gasteiger partial charge in [-0.15, -0.1) is 0 Å². The predicted molar refractivity (Wildman–Crippen MR) is 84.1 cm³/mol. The van der Waals surface area contributed by atoms with Crippen molar-refractivity contribution in [1.82, 2.24) is 15.3 Å². The molecule has 3 heteroatoms. The molecule has 2 atom stereocenters. The molecule has 112 valence electrons. The number of nitrogens with one attached hydrogen (secondary N) is 1. The maximum atomic E-state index is 4.83. The third-order valence-electron chi connectivity index (χ3n) is 4.78. The van der Waals surface area contributed by atoms with Crippen molar-refractivity contribution >= 4 is 0 Å². The summed E-state index contributed by atoms with van der Waals surface area (Å²) < 4.78 is 0. The number of hydrogen-bond donors (Lipinski definition) is 1. The number of hydrogen-bond acceptors (Lipinski definition) is 3. The highest BCUT2D eigenvalue weighted by Crippen LogP contribution is 2.38. The van der Waals surface area contributed by atoms with E-state index in [4.69, 9.17) is 9.97 Å². The van der Waals surface area contributed by atoms with Gasteiger partial charge in [-0.1, -0.05) is 13.3 Å². The van der Waals surface area contributed by atoms with Crippen LogP contribution < -0.4 is 5.32 Å². The fourth-order valence-electron chi connectivity index (χ4n) is 3.43. The van der Waals surface area contributed by atoms with Crippen molar-refractivity contribution in [2.45, 2.75) is 65.2 Å². The Morgan fingerprint density at radius 3 is 2.40 bits per heavy atom. The Labute approximate surface area is 123 Å². The zero-order chi connectivity index (χ0) is 14.5. The highest BCUT2D eigenvalue weighted by atomic mass is 14.9. The maximum absolute atomic E-state index is 4.83. The van der Waals surface area contributed by atoms with Gasteiger partial charge in [-0.3, -0.25) is 0 Å². The van der Waals surface area contributed by atoms with Crippen molar-refractivity contribution in [3.8, 4) is 0 Å². The average molecular weight is 275 g/mol. The summed E-state index contributed by atoms with van der Waals surface area (Å²) in [7, 11) is 2.00. The molecule has 2 rings (SSSR count). The first kappa shape index (κ1) is 15.4. The van der Waals surface area contributed by atoms with Crippen LogP contribution in [0.4, 0.5) is 0 Å². The Bertz CT molecular complexity index is 419. The Hall–Kier alpha value is -0.960. The van der Waals surface area contributed by atoms with Gasteiger partial charge >= 0.3 is 0 Å². The smallest absolute Gasteiger partial charge is 0.131 e. The van der Waals surface area contributed by atoms with Gasteiger partial charge in [0.1, 0.15) is 5.82 Å². The molecule has 1 saturated carbocycles. The van der Waals surface area contributed by atoms with Crippen LogP contribution in [-0.2, 0) is 6.42 Å². The number of aromatic nitrogens is 2. The molecule has 2 unspecified atom stereocenters. The van der Waals surface area contributed by atoms with Crippen LogP contribution in [0.25, 0.3) is 0 Å². The Balaban J connectivity index is 2.09. The normalized spacial score (nSPS) is 22.4. The van der Waals surface area contributed by atoms with Gasteiger partial charge in [-0.2, -0.15) is 0 Å². The molecule has 1 aliphatic rings. The third kappa shape index (κ3) is 3.57. The molecule has 1 aromatic rings. The van der Waals surface area contributed by atoms with Crippen LogP contribution in [0, 0.1) is 19.8 Å². The zero-order valence-corrected chi connectivity index (χ0v) is 13.5. The molecular weight excluding hydrogens is 246 g/mol. The molecule has 0 aliphatic heterocycles. The van der Waals surface area contributed by atoms with Crippen molar-refractivity contribution < 1.29 is 0 Å². The second-order valence-corrected chi connectivity index (χ2v) is 6.22. The van der Waals surface area contributed by atoms with Crippen molar-refractivity contribution in [2.75, 3.05) is 13.6 Å². The molecule has 3 nitrogen and oxygen atoms in total. The molecule has 0 saturated heterocycles. The minimum atomic E-state index is 0.601. The molecule has 20 heavy (non-hydrogen) atoms. The minimum Gasteiger partial charge on any atom is -0.320 e. The lowest BCUT2D eigenvalue weighted by Crippen LogP contribution is -2.12. The summed E-state index contributed by atoms with van der Waals surface area (Å²) in [6.07, 6.45) is 7.46. The highest BCUT2D eigenvalue weighted by molar-refractivity contribution is 5.25. The van der Waals surface area contributed by atoms with Crippen LogP contribution in [0.1, 0.15) is 67.7 Å². The van der Waals surface area contributed by atoms with E-state index in [1.807, 2.05) is 7.05 Å². The van der Waals surface area contributed by atoms with E-state index in [9.17, 15) is 0 Å². The van der Waals surface area contributed by atoms with E-state index in [2.05, 4.69) is 26.1 Å². The van der Waals surface area contributed by atoms with Crippen LogP contribution >= 0.6 is 0 Å². The Morgan fingerprint density at radius 1 is 1.15 bits per heavy atom. The van der Waals surface area contributed by atoms with Crippen molar-refractivity contribution in [2.24, 2.45) is 5.92 Å². The number of nitrogens with zero attached hydrogens (tertiary/aromatic N) is 2. The molecule has 0 amide bonds. The maximum Gasteiger partial charge on any atom is 0.131 e. The first-order chi connectivity index (χ1) is 9.65. The molecule has 0 bridgehead atoms. The Morgan fingerprint density at radius 2 is 1.85 bits per heavy atom. The van der Waals surface area contributed by atoms with Gasteiger partial charge in [0.15, 0.2) is 0 Å². The second-order valence-electron chi connectivity index (χ2n) is 6.22. The fourth-order valence-corrected chi connectivity index (χ4v) is 3.43. The van der Waals surface area contributed by atoms with Crippen LogP contribution in [0.5, 0.6) is 0 Å². The van der Waals surface area contributed by atoms with Gasteiger partial charge in [0.25, 0.3) is 0 Å². The largest absolute Gasteiger partial charge is 0.320 e. The SMILES string of the molecule is CCC1CCC(c2nc(C)c(CCCNC)c(C)n2)C1. The van der Waals surface area contributed by atoms with Gasteiger partial charge in [0.05, 0.1) is 0 Å². The summed E-state index contributed by atoms with van der Waals surface area (Å²) in [4.78, 5) is 9.66. The van der Waals surface area contributed by atoms with E-state index in [0.29, 0.717) is 5.92 Å². The van der Waals surface area contributed by atoms with Crippen LogP contribution in [0.3, 0.4) is 0 Å². The molecule has 0 radical (unpaired) electrons. The third-order valence-corrected chi connectivity index (χ3v) is 4.78. The van der Waals surface area contributed by atoms with E-state index in [-0.39, 0.29) is 0 Å². The van der Waals surface area contributed by atoms with Gasteiger partial charge < -0.3 is 5.32 Å². The van der Waals surface area contributed by atoms with Crippen molar-refractivity contribution in [3.63, 3.8) is 0 Å². The zero-order valence-electron chi connectivity index (χ0n) is 13.5. The van der Waals surface area contributed by atoms with Gasteiger partial charge in [-0.25, -0.2) is 9.97 Å². The molecule has 1 N–H and O–H groups in total. The quantitative estimate of drug-likeness (QED) is 0.807. The molecule has 1 aliphatic carbocycles. The summed E-state index contributed by atoms with van der Waals surface area (Å²) >= 11 is 0. The molecule has 0 spiro atoms. The fraction of sp³-hybridized carbons (Fsp3) is 0.765. The highest BCUT2D eigenvalue weighted by Gasteiger charge is 2.27. The monoisotopic (exact) mass is 275 g/mol. The van der Waals surface area contributed by atoms with Gasteiger partial charge in [-0.05, 0) is 71.0 Å². The summed E-state index contributed by atoms with van der Waals surface area (Å²) in [5.74, 6) is 2.59. The van der Waals surface area contributed by atoms with E-state index in [1.165, 1.54) is 42.6 Å². The van der Waals surface area contributed by atoms with E-state index in [1.54, 1.807) is 0 Å². The van der Waals surface area contributed by atoms with Crippen molar-refractivity contribution in [3.05, 3.63) is 22.8 Å². The lowest BCUT2D eigenvalue weighted by Gasteiger charge is -2.14. The Kier molecular flexibility index (Phi) is 5.53. The van der Waals surface area contributed by atoms with Crippen LogP contribution in [0.15, 0.2) is 0 Å². The van der Waals surface area contributed by atoms with E-state index < -0.39 is 0 Å². The number of aryl methyl sites for hydroxylation is 2. The van der Waals surface area contributed by atoms with Crippen LogP contribution in [-0.4, -0.2) is 23.6 Å². The summed E-state index contributed by atoms with van der Waals surface area (Å²) in [6, 6.07) is 0. The first-order valence-corrected chi connectivity index (χ1v) is 8.14. The molecule has 0 aromatic carbocycles. The topological polar surface area (TPSA) is 37.8 Å². The van der Waals surface area contributed by atoms with Crippen molar-refractivity contribution in [1.29, 1.82) is 0 Å². The van der Waals surface area contributed by atoms with E-state index >= 15 is 0 Å². The minimum absolute atomic E-state index is 0.601. The lowest BCUT2D eigenvalue weighted by molar-refractivity contribution is 0.515. The lowest BCUT2D eigenvalue weighted by atomic mass is 10.0. The van der Waals surface area contributed by atoms with E-state index in [0.717, 1.165) is 31.1 Å². The van der Waals surface area contributed by atoms with Gasteiger partial charge in [0, 0.05) is 17.3 Å². The second kappa shape index (κ2) is 7.16. The first-order valence-electron chi connectivity index (χ1n) is 8.14. The standard InChI is InChI=1S/C17H29N3/c1-5-14-8-9-15(11-14)17-19-12(2)16(13(3)20-17)7-6-10-18-4/h14-15,18H,5-11H2,1-4H3. The van der Waals surface area contributed by atoms with Crippen LogP contribution in [0.2, 0.25) is 0 Å². The predicted octanol–water partition coefficient (Wildman–Crippen LogP) is 3.54. The molecular formula is C17H29N3. The molecule has 1 aromatic heterocycles. The van der Waals surface area contributed by atoms with Gasteiger partial charge in [0.2, 0.25) is 0 Å². The molecule has 1 fully saturated rings. The molecule has 1 heterocycles. The summed E-state index contributed by atoms with van der Waals surface area (Å²) in [5, 5.41) is 3.20. The average Bonchev–Trinajstić information content (AvgIpc) is 2.90. The summed E-state index contributed by atoms with van der Waals surface area (Å²) in [5.41, 5.74) is 3.75. The number of rotatable bonds is 6. The summed E-state index contributed by atoms with van der Waals surface area (Å²) in [6.45, 7) is 7.66.